The predicted molar refractivity (Wildman–Crippen MR) is 95.0 cm³/mol. The molecule has 1 aromatic heterocycles. The van der Waals surface area contributed by atoms with E-state index in [1.54, 1.807) is 13.2 Å². The number of methoxy groups -OCH3 is 1. The Bertz CT molecular complexity index is 590. The van der Waals surface area contributed by atoms with Crippen LogP contribution < -0.4 is 15.4 Å². The number of nitrogens with zero attached hydrogens (tertiary/aromatic N) is 1. The molecule has 0 saturated heterocycles. The number of hydrogen-bond donors (Lipinski definition) is 3. The lowest BCUT2D eigenvalue weighted by Gasteiger charge is -2.11. The zero-order valence-corrected chi connectivity index (χ0v) is 15.7. The van der Waals surface area contributed by atoms with E-state index in [2.05, 4.69) is 20.3 Å². The maximum Gasteiger partial charge on any atom is 0.250 e. The Kier molecular flexibility index (Phi) is 9.49. The van der Waals surface area contributed by atoms with E-state index in [0.29, 0.717) is 30.0 Å². The predicted octanol–water partition coefficient (Wildman–Crippen LogP) is 1.27. The summed E-state index contributed by atoms with van der Waals surface area (Å²) in [6.45, 7) is 4.68. The van der Waals surface area contributed by atoms with E-state index in [0.717, 1.165) is 24.3 Å². The highest BCUT2D eigenvalue weighted by atomic mass is 35.5. The first-order chi connectivity index (χ1) is 11.0. The number of rotatable bonds is 10. The van der Waals surface area contributed by atoms with Crippen molar-refractivity contribution in [1.29, 1.82) is 0 Å². The molecule has 0 saturated carbocycles. The van der Waals surface area contributed by atoms with Crippen molar-refractivity contribution in [3.63, 3.8) is 0 Å². The van der Waals surface area contributed by atoms with Gasteiger partial charge in [-0.05, 0) is 25.5 Å². The maximum absolute atomic E-state index is 12.0. The number of ether oxygens (including phenoxy) is 1. The van der Waals surface area contributed by atoms with Crippen LogP contribution >= 0.6 is 22.9 Å². The first-order valence-electron chi connectivity index (χ1n) is 7.25. The minimum atomic E-state index is -3.51. The van der Waals surface area contributed by atoms with E-state index in [9.17, 15) is 8.42 Å². The third-order valence-corrected chi connectivity index (χ3v) is 5.83. The van der Waals surface area contributed by atoms with Gasteiger partial charge in [-0.25, -0.2) is 13.1 Å². The lowest BCUT2D eigenvalue weighted by Crippen LogP contribution is -2.41. The average Bonchev–Trinajstić information content (AvgIpc) is 2.95. The summed E-state index contributed by atoms with van der Waals surface area (Å²) in [7, 11) is -1.85. The minimum absolute atomic E-state index is 0.211. The van der Waals surface area contributed by atoms with E-state index < -0.39 is 10.0 Å². The van der Waals surface area contributed by atoms with Gasteiger partial charge >= 0.3 is 0 Å². The Morgan fingerprint density at radius 3 is 2.74 bits per heavy atom. The molecule has 0 aliphatic rings. The second-order valence-electron chi connectivity index (χ2n) is 4.49. The van der Waals surface area contributed by atoms with E-state index in [1.807, 2.05) is 6.92 Å². The molecule has 0 fully saturated rings. The largest absolute Gasteiger partial charge is 0.385 e. The third-order valence-electron chi connectivity index (χ3n) is 2.64. The number of aliphatic imine (C=N–C) groups is 1. The van der Waals surface area contributed by atoms with Crippen LogP contribution in [-0.2, 0) is 14.8 Å². The summed E-state index contributed by atoms with van der Waals surface area (Å²) in [4.78, 5) is 4.37. The van der Waals surface area contributed by atoms with Crippen LogP contribution in [0.1, 0.15) is 13.3 Å². The van der Waals surface area contributed by atoms with Gasteiger partial charge in [-0.2, -0.15) is 0 Å². The SMILES string of the molecule is CCNC(=NCCCOC)NCCNS(=O)(=O)c1ccc(Cl)s1. The number of nitrogens with one attached hydrogen (secondary N) is 3. The molecule has 0 amide bonds. The van der Waals surface area contributed by atoms with Gasteiger partial charge in [0, 0.05) is 39.9 Å². The van der Waals surface area contributed by atoms with Gasteiger partial charge < -0.3 is 15.4 Å². The summed E-state index contributed by atoms with van der Waals surface area (Å²) in [6, 6.07) is 3.05. The minimum Gasteiger partial charge on any atom is -0.385 e. The van der Waals surface area contributed by atoms with Crippen molar-refractivity contribution in [1.82, 2.24) is 15.4 Å². The van der Waals surface area contributed by atoms with Crippen LogP contribution in [0.15, 0.2) is 21.3 Å². The third kappa shape index (κ3) is 7.98. The van der Waals surface area contributed by atoms with Crippen molar-refractivity contribution >= 4 is 38.9 Å². The van der Waals surface area contributed by atoms with Crippen LogP contribution in [0.3, 0.4) is 0 Å². The Balaban J connectivity index is 2.38. The Morgan fingerprint density at radius 2 is 2.13 bits per heavy atom. The smallest absolute Gasteiger partial charge is 0.250 e. The van der Waals surface area contributed by atoms with Gasteiger partial charge in [0.15, 0.2) is 5.96 Å². The van der Waals surface area contributed by atoms with Gasteiger partial charge in [0.25, 0.3) is 0 Å². The van der Waals surface area contributed by atoms with E-state index in [4.69, 9.17) is 16.3 Å². The molecule has 0 aromatic carbocycles. The zero-order valence-electron chi connectivity index (χ0n) is 13.3. The lowest BCUT2D eigenvalue weighted by atomic mass is 10.5. The van der Waals surface area contributed by atoms with Gasteiger partial charge in [0.1, 0.15) is 4.21 Å². The van der Waals surface area contributed by atoms with Crippen LogP contribution in [0.25, 0.3) is 0 Å². The highest BCUT2D eigenvalue weighted by Crippen LogP contribution is 2.24. The van der Waals surface area contributed by atoms with Crippen molar-refractivity contribution < 1.29 is 13.2 Å². The van der Waals surface area contributed by atoms with Crippen molar-refractivity contribution in [2.24, 2.45) is 4.99 Å². The second kappa shape index (κ2) is 10.8. The van der Waals surface area contributed by atoms with Crippen molar-refractivity contribution in [2.75, 3.05) is 39.9 Å². The fourth-order valence-corrected chi connectivity index (χ4v) is 4.18. The standard InChI is InChI=1S/C13H23ClN4O3S2/c1-3-15-13(16-7-4-10-21-2)17-8-9-18-23(19,20)12-6-5-11(14)22-12/h5-6,18H,3-4,7-10H2,1-2H3,(H2,15,16,17). The normalized spacial score (nSPS) is 12.4. The topological polar surface area (TPSA) is 91.8 Å². The molecule has 132 valence electrons. The molecule has 0 bridgehead atoms. The van der Waals surface area contributed by atoms with E-state index in [-0.39, 0.29) is 10.8 Å². The summed E-state index contributed by atoms with van der Waals surface area (Å²) in [5.74, 6) is 0.655. The van der Waals surface area contributed by atoms with Crippen LogP contribution in [0, 0.1) is 0 Å². The Hall–Kier alpha value is -0.870. The molecule has 23 heavy (non-hydrogen) atoms. The highest BCUT2D eigenvalue weighted by molar-refractivity contribution is 7.91. The fourth-order valence-electron chi connectivity index (χ4n) is 1.62. The van der Waals surface area contributed by atoms with Gasteiger partial charge in [0.05, 0.1) is 4.34 Å². The van der Waals surface area contributed by atoms with Gasteiger partial charge in [0.2, 0.25) is 10.0 Å². The summed E-state index contributed by atoms with van der Waals surface area (Å²) in [5.41, 5.74) is 0. The Morgan fingerprint density at radius 1 is 1.35 bits per heavy atom. The summed E-state index contributed by atoms with van der Waals surface area (Å²) >= 11 is 6.79. The van der Waals surface area contributed by atoms with Gasteiger partial charge in [-0.1, -0.05) is 11.6 Å². The number of halogens is 1. The molecular formula is C13H23ClN4O3S2. The molecule has 0 atom stereocenters. The lowest BCUT2D eigenvalue weighted by molar-refractivity contribution is 0.197. The zero-order chi connectivity index (χ0) is 17.1. The van der Waals surface area contributed by atoms with Crippen LogP contribution in [0.4, 0.5) is 0 Å². The molecule has 1 rings (SSSR count). The monoisotopic (exact) mass is 382 g/mol. The molecule has 0 radical (unpaired) electrons. The molecule has 10 heteroatoms. The first-order valence-corrected chi connectivity index (χ1v) is 9.93. The second-order valence-corrected chi connectivity index (χ2v) is 8.20. The molecule has 1 aromatic rings. The van der Waals surface area contributed by atoms with Crippen molar-refractivity contribution in [3.8, 4) is 0 Å². The number of thiophene rings is 1. The quantitative estimate of drug-likeness (QED) is 0.322. The van der Waals surface area contributed by atoms with E-state index >= 15 is 0 Å². The molecule has 0 aliphatic carbocycles. The Labute approximate surface area is 146 Å². The van der Waals surface area contributed by atoms with Crippen LogP contribution in [-0.4, -0.2) is 54.3 Å². The number of sulfonamides is 1. The molecule has 0 spiro atoms. The fraction of sp³-hybridized carbons (Fsp3) is 0.615. The summed E-state index contributed by atoms with van der Waals surface area (Å²) in [5, 5.41) is 6.17. The number of hydrogen-bond acceptors (Lipinski definition) is 5. The van der Waals surface area contributed by atoms with Crippen molar-refractivity contribution in [2.45, 2.75) is 17.6 Å². The first kappa shape index (κ1) is 20.2. The molecule has 1 heterocycles. The summed E-state index contributed by atoms with van der Waals surface area (Å²) in [6.07, 6.45) is 0.832. The molecule has 0 aliphatic heterocycles. The van der Waals surface area contributed by atoms with Gasteiger partial charge in [-0.3, -0.25) is 4.99 Å². The highest BCUT2D eigenvalue weighted by Gasteiger charge is 2.15. The molecular weight excluding hydrogens is 360 g/mol. The average molecular weight is 383 g/mol. The van der Waals surface area contributed by atoms with Crippen LogP contribution in [0.2, 0.25) is 4.34 Å². The van der Waals surface area contributed by atoms with Crippen molar-refractivity contribution in [3.05, 3.63) is 16.5 Å². The maximum atomic E-state index is 12.0. The van der Waals surface area contributed by atoms with E-state index in [1.165, 1.54) is 6.07 Å². The molecule has 7 nitrogen and oxygen atoms in total. The number of guanidine groups is 1. The van der Waals surface area contributed by atoms with Gasteiger partial charge in [-0.15, -0.1) is 11.3 Å². The van der Waals surface area contributed by atoms with Crippen LogP contribution in [0.5, 0.6) is 0 Å². The molecule has 3 N–H and O–H groups in total. The summed E-state index contributed by atoms with van der Waals surface area (Å²) < 4.78 is 32.2. The molecule has 0 unspecified atom stereocenters.